The number of halogens is 4. The number of hydrogen-bond donors (Lipinski definition) is 0. The second-order valence-electron chi connectivity index (χ2n) is 4.43. The van der Waals surface area contributed by atoms with Gasteiger partial charge in [0, 0.05) is 7.05 Å². The molecule has 1 aromatic heterocycles. The highest BCUT2D eigenvalue weighted by molar-refractivity contribution is 6.17. The predicted octanol–water partition coefficient (Wildman–Crippen LogP) is 3.04. The number of carbonyl (C=O) groups excluding carboxylic acids is 1. The van der Waals surface area contributed by atoms with Crippen LogP contribution in [0.15, 0.2) is 12.1 Å². The van der Waals surface area contributed by atoms with Crippen LogP contribution < -0.4 is 4.74 Å². The maximum absolute atomic E-state index is 13.2. The molecule has 2 aromatic rings. The summed E-state index contributed by atoms with van der Waals surface area (Å²) in [7, 11) is 2.75. The average Bonchev–Trinajstić information content (AvgIpc) is 2.83. The van der Waals surface area contributed by atoms with Crippen LogP contribution in [0, 0.1) is 0 Å². The van der Waals surface area contributed by atoms with Gasteiger partial charge in [0.05, 0.1) is 24.1 Å². The van der Waals surface area contributed by atoms with Crippen molar-refractivity contribution in [1.82, 2.24) is 9.55 Å². The van der Waals surface area contributed by atoms with Crippen LogP contribution in [0.1, 0.15) is 16.2 Å². The van der Waals surface area contributed by atoms with Crippen molar-refractivity contribution in [1.29, 1.82) is 0 Å². The molecule has 0 saturated heterocycles. The molecular weight excluding hydrogens is 325 g/mol. The van der Waals surface area contributed by atoms with Gasteiger partial charge in [-0.15, -0.1) is 11.6 Å². The summed E-state index contributed by atoms with van der Waals surface area (Å²) in [5, 5.41) is 0. The molecule has 1 aromatic carbocycles. The molecule has 22 heavy (non-hydrogen) atoms. The van der Waals surface area contributed by atoms with Crippen molar-refractivity contribution in [2.24, 2.45) is 7.05 Å². The van der Waals surface area contributed by atoms with Crippen molar-refractivity contribution in [3.8, 4) is 5.75 Å². The Balaban J connectivity index is 2.68. The van der Waals surface area contributed by atoms with Crippen LogP contribution in [0.5, 0.6) is 5.75 Å². The largest absolute Gasteiger partial charge is 0.465 e. The normalized spacial score (nSPS) is 11.7. The Morgan fingerprint density at radius 2 is 2.14 bits per heavy atom. The third kappa shape index (κ3) is 2.96. The summed E-state index contributed by atoms with van der Waals surface area (Å²) in [5.74, 6) is -0.763. The number of hydrogen-bond acceptors (Lipinski definition) is 4. The number of ether oxygens (including phenoxy) is 2. The van der Waals surface area contributed by atoms with Crippen molar-refractivity contribution in [3.05, 3.63) is 23.5 Å². The van der Waals surface area contributed by atoms with Crippen molar-refractivity contribution in [2.45, 2.75) is 12.0 Å². The molecule has 0 amide bonds. The summed E-state index contributed by atoms with van der Waals surface area (Å²) >= 11 is 5.72. The number of esters is 1. The Labute approximate surface area is 128 Å². The van der Waals surface area contributed by atoms with Gasteiger partial charge in [-0.1, -0.05) is 0 Å². The average molecular weight is 337 g/mol. The summed E-state index contributed by atoms with van der Waals surface area (Å²) in [5.41, 5.74) is 0.367. The van der Waals surface area contributed by atoms with E-state index in [0.29, 0.717) is 11.3 Å². The number of methoxy groups -OCH3 is 1. The van der Waals surface area contributed by atoms with E-state index < -0.39 is 24.5 Å². The zero-order valence-corrected chi connectivity index (χ0v) is 12.5. The molecule has 0 aliphatic rings. The van der Waals surface area contributed by atoms with Crippen LogP contribution in [-0.2, 0) is 17.7 Å². The molecule has 0 aliphatic heterocycles. The molecule has 0 unspecified atom stereocenters. The molecule has 0 saturated carbocycles. The van der Waals surface area contributed by atoms with Crippen LogP contribution in [0.2, 0.25) is 0 Å². The zero-order valence-electron chi connectivity index (χ0n) is 11.7. The number of rotatable bonds is 5. The molecule has 0 bridgehead atoms. The minimum absolute atomic E-state index is 0.0243. The Morgan fingerprint density at radius 1 is 1.45 bits per heavy atom. The topological polar surface area (TPSA) is 53.4 Å². The fourth-order valence-electron chi connectivity index (χ4n) is 1.93. The summed E-state index contributed by atoms with van der Waals surface area (Å²) < 4.78 is 49.2. The number of aromatic nitrogens is 2. The van der Waals surface area contributed by atoms with E-state index in [0.717, 1.165) is 13.2 Å². The lowest BCUT2D eigenvalue weighted by molar-refractivity contribution is -0.185. The number of imidazole rings is 1. The van der Waals surface area contributed by atoms with E-state index in [2.05, 4.69) is 14.5 Å². The van der Waals surface area contributed by atoms with Gasteiger partial charge in [-0.3, -0.25) is 0 Å². The van der Waals surface area contributed by atoms with Crippen molar-refractivity contribution in [3.63, 3.8) is 0 Å². The van der Waals surface area contributed by atoms with E-state index in [1.54, 1.807) is 7.05 Å². The van der Waals surface area contributed by atoms with Gasteiger partial charge in [0.1, 0.15) is 11.3 Å². The summed E-state index contributed by atoms with van der Waals surface area (Å²) in [6.45, 7) is -2.01. The van der Waals surface area contributed by atoms with Gasteiger partial charge in [0.2, 0.25) is 0 Å². The standard InChI is InChI=1S/C13H12ClF3N2O3/c1-19-8-3-7(12(20)21-2)4-9(22-13(16,17)6-15)11(8)18-10(19)5-14/h3-4H,5-6H2,1-2H3. The molecule has 120 valence electrons. The lowest BCUT2D eigenvalue weighted by atomic mass is 10.2. The van der Waals surface area contributed by atoms with E-state index in [-0.39, 0.29) is 17.0 Å². The van der Waals surface area contributed by atoms with Crippen LogP contribution in [0.3, 0.4) is 0 Å². The minimum Gasteiger partial charge on any atom is -0.465 e. The Bertz CT molecular complexity index is 718. The third-order valence-corrected chi connectivity index (χ3v) is 3.24. The summed E-state index contributed by atoms with van der Waals surface area (Å²) in [6, 6.07) is 2.44. The molecule has 0 fully saturated rings. The van der Waals surface area contributed by atoms with Gasteiger partial charge in [-0.2, -0.15) is 8.78 Å². The quantitative estimate of drug-likeness (QED) is 0.622. The number of alkyl halides is 4. The third-order valence-electron chi connectivity index (χ3n) is 3.00. The highest BCUT2D eigenvalue weighted by Crippen LogP contribution is 2.32. The Hall–Kier alpha value is -1.96. The Morgan fingerprint density at radius 3 is 2.68 bits per heavy atom. The maximum Gasteiger partial charge on any atom is 0.427 e. The number of nitrogens with zero attached hydrogens (tertiary/aromatic N) is 2. The first-order chi connectivity index (χ1) is 10.3. The molecule has 1 heterocycles. The SMILES string of the molecule is COC(=O)c1cc(OC(F)(F)CF)c2nc(CCl)n(C)c2c1. The molecular formula is C13H12ClF3N2O3. The molecule has 0 aliphatic carbocycles. The molecule has 0 N–H and O–H groups in total. The Kier molecular flexibility index (Phi) is 4.50. The second-order valence-corrected chi connectivity index (χ2v) is 4.69. The second kappa shape index (κ2) is 6.04. The van der Waals surface area contributed by atoms with Crippen LogP contribution in [0.25, 0.3) is 11.0 Å². The van der Waals surface area contributed by atoms with E-state index in [9.17, 15) is 18.0 Å². The van der Waals surface area contributed by atoms with E-state index in [4.69, 9.17) is 11.6 Å². The number of carbonyl (C=O) groups is 1. The van der Waals surface area contributed by atoms with Crippen molar-refractivity contribution < 1.29 is 27.4 Å². The monoisotopic (exact) mass is 336 g/mol. The van der Waals surface area contributed by atoms with Gasteiger partial charge in [-0.05, 0) is 12.1 Å². The molecule has 0 atom stereocenters. The van der Waals surface area contributed by atoms with E-state index in [1.165, 1.54) is 10.6 Å². The van der Waals surface area contributed by atoms with Crippen molar-refractivity contribution in [2.75, 3.05) is 13.8 Å². The fourth-order valence-corrected chi connectivity index (χ4v) is 2.16. The van der Waals surface area contributed by atoms with Crippen LogP contribution in [-0.4, -0.2) is 35.4 Å². The smallest absolute Gasteiger partial charge is 0.427 e. The lowest BCUT2D eigenvalue weighted by Crippen LogP contribution is -2.27. The van der Waals surface area contributed by atoms with Gasteiger partial charge < -0.3 is 14.0 Å². The first kappa shape index (κ1) is 16.4. The van der Waals surface area contributed by atoms with Gasteiger partial charge in [0.15, 0.2) is 12.4 Å². The number of aryl methyl sites for hydroxylation is 1. The molecule has 9 heteroatoms. The fraction of sp³-hybridized carbons (Fsp3) is 0.385. The molecule has 5 nitrogen and oxygen atoms in total. The first-order valence-electron chi connectivity index (χ1n) is 6.09. The van der Waals surface area contributed by atoms with Gasteiger partial charge in [0.25, 0.3) is 0 Å². The van der Waals surface area contributed by atoms with Crippen LogP contribution in [0.4, 0.5) is 13.2 Å². The van der Waals surface area contributed by atoms with Crippen LogP contribution >= 0.6 is 11.6 Å². The highest BCUT2D eigenvalue weighted by Gasteiger charge is 2.33. The maximum atomic E-state index is 13.2. The summed E-state index contributed by atoms with van der Waals surface area (Å²) in [4.78, 5) is 15.7. The minimum atomic E-state index is -4.03. The van der Waals surface area contributed by atoms with Gasteiger partial charge in [-0.25, -0.2) is 14.2 Å². The van der Waals surface area contributed by atoms with Crippen molar-refractivity contribution >= 4 is 28.6 Å². The van der Waals surface area contributed by atoms with Gasteiger partial charge >= 0.3 is 12.1 Å². The highest BCUT2D eigenvalue weighted by atomic mass is 35.5. The molecule has 2 rings (SSSR count). The number of fused-ring (bicyclic) bond motifs is 1. The van der Waals surface area contributed by atoms with E-state index in [1.807, 2.05) is 0 Å². The predicted molar refractivity (Wildman–Crippen MR) is 73.2 cm³/mol. The molecule has 0 radical (unpaired) electrons. The molecule has 0 spiro atoms. The number of benzene rings is 1. The lowest BCUT2D eigenvalue weighted by Gasteiger charge is -2.15. The van der Waals surface area contributed by atoms with E-state index >= 15 is 0 Å². The zero-order chi connectivity index (χ0) is 16.5. The first-order valence-corrected chi connectivity index (χ1v) is 6.63. The summed E-state index contributed by atoms with van der Waals surface area (Å²) in [6.07, 6.45) is -4.03.